The van der Waals surface area contributed by atoms with Crippen LogP contribution < -0.4 is 0 Å². The number of unbranched alkanes of at least 4 members (excludes halogenated alkanes) is 1. The first-order chi connectivity index (χ1) is 5.63. The molecule has 0 aromatic carbocycles. The summed E-state index contributed by atoms with van der Waals surface area (Å²) in [5.74, 6) is -0.161. The van der Waals surface area contributed by atoms with E-state index in [4.69, 9.17) is 5.26 Å². The summed E-state index contributed by atoms with van der Waals surface area (Å²) in [5.41, 5.74) is 0. The van der Waals surface area contributed by atoms with E-state index in [0.29, 0.717) is 6.54 Å². The molecule has 0 heterocycles. The van der Waals surface area contributed by atoms with Crippen LogP contribution in [0.15, 0.2) is 0 Å². The first kappa shape index (κ1) is 11.4. The quantitative estimate of drug-likeness (QED) is 0.422. The first-order valence-electron chi connectivity index (χ1n) is 3.98. The van der Waals surface area contributed by atoms with Crippen LogP contribution in [-0.2, 0) is 4.79 Å². The van der Waals surface area contributed by atoms with Crippen LogP contribution in [0.4, 0.5) is 0 Å². The standard InChI is InChI=1S/C8H13BrN2O/c1-3-4-5-11(6-10)8(12)7(2)9/h7H,3-5H2,1-2H3. The fourth-order valence-electron chi connectivity index (χ4n) is 0.740. The van der Waals surface area contributed by atoms with Crippen molar-refractivity contribution in [2.75, 3.05) is 6.54 Å². The lowest BCUT2D eigenvalue weighted by atomic mass is 10.3. The second-order valence-electron chi connectivity index (χ2n) is 2.56. The molecule has 0 aromatic heterocycles. The van der Waals surface area contributed by atoms with E-state index >= 15 is 0 Å². The van der Waals surface area contributed by atoms with Crippen molar-refractivity contribution in [1.29, 1.82) is 5.26 Å². The minimum absolute atomic E-state index is 0.161. The Morgan fingerprint density at radius 2 is 2.33 bits per heavy atom. The SMILES string of the molecule is CCCCN(C#N)C(=O)C(C)Br. The predicted octanol–water partition coefficient (Wildman–Crippen LogP) is 1.88. The van der Waals surface area contributed by atoms with Crippen molar-refractivity contribution in [2.24, 2.45) is 0 Å². The van der Waals surface area contributed by atoms with Crippen molar-refractivity contribution in [3.8, 4) is 6.19 Å². The highest BCUT2D eigenvalue weighted by Gasteiger charge is 2.16. The zero-order valence-corrected chi connectivity index (χ0v) is 8.97. The Hall–Kier alpha value is -0.560. The Labute approximate surface area is 81.5 Å². The number of carbonyl (C=O) groups excluding carboxylic acids is 1. The molecule has 0 saturated heterocycles. The van der Waals surface area contributed by atoms with E-state index < -0.39 is 0 Å². The van der Waals surface area contributed by atoms with E-state index in [1.807, 2.05) is 13.1 Å². The number of carbonyl (C=O) groups is 1. The minimum Gasteiger partial charge on any atom is -0.272 e. The molecule has 0 aromatic rings. The van der Waals surface area contributed by atoms with Gasteiger partial charge in [0.05, 0.1) is 4.83 Å². The van der Waals surface area contributed by atoms with Crippen molar-refractivity contribution >= 4 is 21.8 Å². The molecule has 0 rings (SSSR count). The lowest BCUT2D eigenvalue weighted by Crippen LogP contribution is -2.32. The van der Waals surface area contributed by atoms with Crippen molar-refractivity contribution in [2.45, 2.75) is 31.5 Å². The number of nitriles is 1. The molecule has 12 heavy (non-hydrogen) atoms. The molecule has 1 unspecified atom stereocenters. The van der Waals surface area contributed by atoms with Crippen LogP contribution >= 0.6 is 15.9 Å². The summed E-state index contributed by atoms with van der Waals surface area (Å²) in [6.07, 6.45) is 3.73. The second-order valence-corrected chi connectivity index (χ2v) is 3.93. The summed E-state index contributed by atoms with van der Waals surface area (Å²) in [5, 5.41) is 8.61. The van der Waals surface area contributed by atoms with Gasteiger partial charge in [0.1, 0.15) is 0 Å². The van der Waals surface area contributed by atoms with Crippen molar-refractivity contribution < 1.29 is 4.79 Å². The molecule has 0 radical (unpaired) electrons. The maximum absolute atomic E-state index is 11.2. The molecule has 0 N–H and O–H groups in total. The molecule has 0 spiro atoms. The molecule has 1 atom stereocenters. The molecule has 0 saturated carbocycles. The maximum Gasteiger partial charge on any atom is 0.249 e. The van der Waals surface area contributed by atoms with Crippen LogP contribution in [0.3, 0.4) is 0 Å². The molecule has 0 fully saturated rings. The fourth-order valence-corrected chi connectivity index (χ4v) is 0.988. The summed E-state index contributed by atoms with van der Waals surface area (Å²) in [7, 11) is 0. The van der Waals surface area contributed by atoms with E-state index in [1.165, 1.54) is 4.90 Å². The van der Waals surface area contributed by atoms with Gasteiger partial charge in [0.25, 0.3) is 0 Å². The number of nitrogens with zero attached hydrogens (tertiary/aromatic N) is 2. The fraction of sp³-hybridized carbons (Fsp3) is 0.750. The van der Waals surface area contributed by atoms with Crippen LogP contribution in [0.2, 0.25) is 0 Å². The van der Waals surface area contributed by atoms with Crippen molar-refractivity contribution in [1.82, 2.24) is 4.90 Å². The second kappa shape index (κ2) is 6.01. The van der Waals surface area contributed by atoms with E-state index in [1.54, 1.807) is 6.92 Å². The highest BCUT2D eigenvalue weighted by molar-refractivity contribution is 9.10. The molecular formula is C8H13BrN2O. The molecule has 4 heteroatoms. The first-order valence-corrected chi connectivity index (χ1v) is 4.90. The summed E-state index contributed by atoms with van der Waals surface area (Å²) in [6.45, 7) is 4.28. The zero-order valence-electron chi connectivity index (χ0n) is 7.38. The predicted molar refractivity (Wildman–Crippen MR) is 50.6 cm³/mol. The monoisotopic (exact) mass is 232 g/mol. The number of alkyl halides is 1. The number of hydrogen-bond acceptors (Lipinski definition) is 2. The lowest BCUT2D eigenvalue weighted by Gasteiger charge is -2.13. The summed E-state index contributed by atoms with van der Waals surface area (Å²) in [4.78, 5) is 12.2. The number of amides is 1. The minimum atomic E-state index is -0.269. The summed E-state index contributed by atoms with van der Waals surface area (Å²) in [6, 6.07) is 0. The Morgan fingerprint density at radius 3 is 2.67 bits per heavy atom. The number of hydrogen-bond donors (Lipinski definition) is 0. The Kier molecular flexibility index (Phi) is 5.73. The van der Waals surface area contributed by atoms with Gasteiger partial charge in [0, 0.05) is 6.54 Å². The number of rotatable bonds is 4. The number of halogens is 1. The lowest BCUT2D eigenvalue weighted by molar-refractivity contribution is -0.127. The Bertz CT molecular complexity index is 186. The highest BCUT2D eigenvalue weighted by Crippen LogP contribution is 2.04. The van der Waals surface area contributed by atoms with Crippen LogP contribution in [0.5, 0.6) is 0 Å². The van der Waals surface area contributed by atoms with Gasteiger partial charge in [-0.1, -0.05) is 29.3 Å². The van der Waals surface area contributed by atoms with Crippen molar-refractivity contribution in [3.05, 3.63) is 0 Å². The highest BCUT2D eigenvalue weighted by atomic mass is 79.9. The average Bonchev–Trinajstić information content (AvgIpc) is 2.05. The molecule has 0 aliphatic carbocycles. The third-order valence-electron chi connectivity index (χ3n) is 1.46. The zero-order chi connectivity index (χ0) is 9.56. The van der Waals surface area contributed by atoms with Gasteiger partial charge in [0.2, 0.25) is 5.91 Å². The largest absolute Gasteiger partial charge is 0.272 e. The van der Waals surface area contributed by atoms with Gasteiger partial charge in [-0.2, -0.15) is 5.26 Å². The Morgan fingerprint density at radius 1 is 1.75 bits per heavy atom. The van der Waals surface area contributed by atoms with E-state index in [0.717, 1.165) is 12.8 Å². The summed E-state index contributed by atoms with van der Waals surface area (Å²) < 4.78 is 0. The molecule has 68 valence electrons. The van der Waals surface area contributed by atoms with Gasteiger partial charge in [0.15, 0.2) is 6.19 Å². The van der Waals surface area contributed by atoms with E-state index in [-0.39, 0.29) is 10.7 Å². The topological polar surface area (TPSA) is 44.1 Å². The maximum atomic E-state index is 11.2. The van der Waals surface area contributed by atoms with E-state index in [2.05, 4.69) is 15.9 Å². The molecule has 3 nitrogen and oxygen atoms in total. The molecule has 0 bridgehead atoms. The van der Waals surface area contributed by atoms with Gasteiger partial charge in [-0.05, 0) is 13.3 Å². The average molecular weight is 233 g/mol. The van der Waals surface area contributed by atoms with Gasteiger partial charge in [-0.15, -0.1) is 0 Å². The molecule has 1 amide bonds. The Balaban J connectivity index is 3.99. The van der Waals surface area contributed by atoms with E-state index in [9.17, 15) is 4.79 Å². The molecular weight excluding hydrogens is 220 g/mol. The van der Waals surface area contributed by atoms with Gasteiger partial charge < -0.3 is 0 Å². The van der Waals surface area contributed by atoms with Crippen LogP contribution in [0.1, 0.15) is 26.7 Å². The normalized spacial score (nSPS) is 11.8. The summed E-state index contributed by atoms with van der Waals surface area (Å²) >= 11 is 3.13. The van der Waals surface area contributed by atoms with Crippen molar-refractivity contribution in [3.63, 3.8) is 0 Å². The van der Waals surface area contributed by atoms with Crippen LogP contribution in [0.25, 0.3) is 0 Å². The molecule has 0 aliphatic rings. The van der Waals surface area contributed by atoms with Gasteiger partial charge >= 0.3 is 0 Å². The molecule has 0 aliphatic heterocycles. The third kappa shape index (κ3) is 3.72. The third-order valence-corrected chi connectivity index (χ3v) is 1.85. The smallest absolute Gasteiger partial charge is 0.249 e. The van der Waals surface area contributed by atoms with Crippen LogP contribution in [0, 0.1) is 11.5 Å². The van der Waals surface area contributed by atoms with Gasteiger partial charge in [-0.3, -0.25) is 4.79 Å². The van der Waals surface area contributed by atoms with Gasteiger partial charge in [-0.25, -0.2) is 4.90 Å². The van der Waals surface area contributed by atoms with Crippen LogP contribution in [-0.4, -0.2) is 22.2 Å².